The van der Waals surface area contributed by atoms with Crippen molar-refractivity contribution in [3.8, 4) is 0 Å². The highest BCUT2D eigenvalue weighted by atomic mass is 35.5. The van der Waals surface area contributed by atoms with Crippen molar-refractivity contribution in [3.05, 3.63) is 59.1 Å². The molecule has 16 heavy (non-hydrogen) atoms. The average molecular weight is 240 g/mol. The molecular formula is C12H8ClF2N. The lowest BCUT2D eigenvalue weighted by Gasteiger charge is -2.07. The van der Waals surface area contributed by atoms with E-state index in [4.69, 9.17) is 11.6 Å². The van der Waals surface area contributed by atoms with Crippen LogP contribution in [0.4, 0.5) is 20.2 Å². The first-order valence-electron chi connectivity index (χ1n) is 4.63. The molecule has 0 unspecified atom stereocenters. The van der Waals surface area contributed by atoms with E-state index in [1.807, 2.05) is 0 Å². The fourth-order valence-corrected chi connectivity index (χ4v) is 1.47. The summed E-state index contributed by atoms with van der Waals surface area (Å²) in [5, 5.41) is 2.82. The predicted molar refractivity (Wildman–Crippen MR) is 61.1 cm³/mol. The third-order valence-corrected chi connectivity index (χ3v) is 2.36. The van der Waals surface area contributed by atoms with E-state index in [9.17, 15) is 8.78 Å². The summed E-state index contributed by atoms with van der Waals surface area (Å²) in [6, 6.07) is 10.4. The second-order valence-corrected chi connectivity index (χ2v) is 3.64. The number of rotatable bonds is 2. The molecule has 0 aromatic heterocycles. The van der Waals surface area contributed by atoms with Crippen molar-refractivity contribution in [1.82, 2.24) is 0 Å². The number of hydrogen-bond acceptors (Lipinski definition) is 1. The fraction of sp³-hybridized carbons (Fsp3) is 0. The zero-order valence-electron chi connectivity index (χ0n) is 8.18. The molecule has 0 heterocycles. The lowest BCUT2D eigenvalue weighted by molar-refractivity contribution is 0.628. The Hall–Kier alpha value is -1.61. The van der Waals surface area contributed by atoms with Crippen LogP contribution in [0, 0.1) is 11.6 Å². The number of para-hydroxylation sites is 1. The maximum atomic E-state index is 13.3. The Morgan fingerprint density at radius 3 is 2.38 bits per heavy atom. The van der Waals surface area contributed by atoms with Gasteiger partial charge in [0.05, 0.1) is 10.7 Å². The normalized spacial score (nSPS) is 10.2. The Morgan fingerprint density at radius 1 is 0.938 bits per heavy atom. The van der Waals surface area contributed by atoms with E-state index >= 15 is 0 Å². The van der Waals surface area contributed by atoms with Gasteiger partial charge in [0.2, 0.25) is 0 Å². The highest BCUT2D eigenvalue weighted by molar-refractivity contribution is 6.31. The Balaban J connectivity index is 2.28. The molecule has 0 saturated heterocycles. The van der Waals surface area contributed by atoms with Gasteiger partial charge in [-0.25, -0.2) is 8.78 Å². The zero-order chi connectivity index (χ0) is 11.5. The smallest absolute Gasteiger partial charge is 0.146 e. The van der Waals surface area contributed by atoms with E-state index in [2.05, 4.69) is 5.32 Å². The standard InChI is InChI=1S/C12H8ClF2N/c13-9-7-8(5-6-10(9)14)16-12-4-2-1-3-11(12)15/h1-7,16H. The van der Waals surface area contributed by atoms with Crippen LogP contribution in [-0.4, -0.2) is 0 Å². The van der Waals surface area contributed by atoms with Crippen molar-refractivity contribution < 1.29 is 8.78 Å². The number of nitrogens with one attached hydrogen (secondary N) is 1. The Kier molecular flexibility index (Phi) is 3.06. The van der Waals surface area contributed by atoms with Gasteiger partial charge in [0.25, 0.3) is 0 Å². The molecule has 82 valence electrons. The minimum absolute atomic E-state index is 0.00124. The number of benzene rings is 2. The number of hydrogen-bond donors (Lipinski definition) is 1. The molecule has 0 aliphatic heterocycles. The summed E-state index contributed by atoms with van der Waals surface area (Å²) in [6.07, 6.45) is 0. The number of anilines is 2. The Bertz CT molecular complexity index is 514. The molecule has 0 radical (unpaired) electrons. The molecule has 0 bridgehead atoms. The predicted octanol–water partition coefficient (Wildman–Crippen LogP) is 4.36. The summed E-state index contributed by atoms with van der Waals surface area (Å²) < 4.78 is 26.2. The van der Waals surface area contributed by atoms with Crippen LogP contribution < -0.4 is 5.32 Å². The van der Waals surface area contributed by atoms with Crippen LogP contribution in [0.1, 0.15) is 0 Å². The average Bonchev–Trinajstić information content (AvgIpc) is 2.27. The summed E-state index contributed by atoms with van der Waals surface area (Å²) in [5.41, 5.74) is 0.863. The van der Waals surface area contributed by atoms with Crippen molar-refractivity contribution in [3.63, 3.8) is 0 Å². The molecule has 2 aromatic rings. The van der Waals surface area contributed by atoms with Crippen LogP contribution in [0.15, 0.2) is 42.5 Å². The van der Waals surface area contributed by atoms with E-state index < -0.39 is 5.82 Å². The van der Waals surface area contributed by atoms with Crippen molar-refractivity contribution in [2.75, 3.05) is 5.32 Å². The lowest BCUT2D eigenvalue weighted by atomic mass is 10.2. The van der Waals surface area contributed by atoms with Gasteiger partial charge in [-0.2, -0.15) is 0 Å². The van der Waals surface area contributed by atoms with Crippen LogP contribution in [0.5, 0.6) is 0 Å². The van der Waals surface area contributed by atoms with Crippen LogP contribution in [0.3, 0.4) is 0 Å². The van der Waals surface area contributed by atoms with E-state index in [0.29, 0.717) is 11.4 Å². The van der Waals surface area contributed by atoms with Crippen LogP contribution in [0.25, 0.3) is 0 Å². The first kappa shape index (κ1) is 10.9. The van der Waals surface area contributed by atoms with Gasteiger partial charge in [0.1, 0.15) is 11.6 Å². The van der Waals surface area contributed by atoms with E-state index in [1.165, 1.54) is 24.3 Å². The van der Waals surface area contributed by atoms with Crippen molar-refractivity contribution in [1.29, 1.82) is 0 Å². The van der Waals surface area contributed by atoms with Gasteiger partial charge in [0, 0.05) is 5.69 Å². The van der Waals surface area contributed by atoms with Gasteiger partial charge in [0.15, 0.2) is 0 Å². The summed E-state index contributed by atoms with van der Waals surface area (Å²) in [4.78, 5) is 0. The molecule has 0 aliphatic rings. The minimum Gasteiger partial charge on any atom is -0.353 e. The molecule has 1 N–H and O–H groups in total. The van der Waals surface area contributed by atoms with E-state index in [1.54, 1.807) is 18.2 Å². The first-order valence-corrected chi connectivity index (χ1v) is 5.01. The number of halogens is 3. The van der Waals surface area contributed by atoms with Gasteiger partial charge in [-0.1, -0.05) is 23.7 Å². The third kappa shape index (κ3) is 2.31. The van der Waals surface area contributed by atoms with Crippen molar-refractivity contribution in [2.24, 2.45) is 0 Å². The summed E-state index contributed by atoms with van der Waals surface area (Å²) >= 11 is 5.61. The monoisotopic (exact) mass is 239 g/mol. The highest BCUT2D eigenvalue weighted by Gasteiger charge is 2.03. The van der Waals surface area contributed by atoms with Gasteiger partial charge in [-0.3, -0.25) is 0 Å². The third-order valence-electron chi connectivity index (χ3n) is 2.07. The molecule has 0 fully saturated rings. The highest BCUT2D eigenvalue weighted by Crippen LogP contribution is 2.23. The molecule has 0 spiro atoms. The fourth-order valence-electron chi connectivity index (χ4n) is 1.29. The second kappa shape index (κ2) is 4.49. The zero-order valence-corrected chi connectivity index (χ0v) is 8.93. The molecule has 0 amide bonds. The van der Waals surface area contributed by atoms with E-state index in [-0.39, 0.29) is 10.8 Å². The van der Waals surface area contributed by atoms with Gasteiger partial charge in [-0.15, -0.1) is 0 Å². The quantitative estimate of drug-likeness (QED) is 0.821. The summed E-state index contributed by atoms with van der Waals surface area (Å²) in [5.74, 6) is -0.872. The van der Waals surface area contributed by atoms with Crippen molar-refractivity contribution >= 4 is 23.0 Å². The Morgan fingerprint density at radius 2 is 1.69 bits per heavy atom. The molecule has 0 saturated carbocycles. The maximum absolute atomic E-state index is 13.3. The molecular weight excluding hydrogens is 232 g/mol. The molecule has 0 aliphatic carbocycles. The second-order valence-electron chi connectivity index (χ2n) is 3.23. The SMILES string of the molecule is Fc1ccc(Nc2ccccc2F)cc1Cl. The first-order chi connectivity index (χ1) is 7.66. The lowest BCUT2D eigenvalue weighted by Crippen LogP contribution is -1.93. The van der Waals surface area contributed by atoms with Crippen LogP contribution >= 0.6 is 11.6 Å². The molecule has 2 aromatic carbocycles. The largest absolute Gasteiger partial charge is 0.353 e. The van der Waals surface area contributed by atoms with Crippen molar-refractivity contribution in [2.45, 2.75) is 0 Å². The molecule has 1 nitrogen and oxygen atoms in total. The topological polar surface area (TPSA) is 12.0 Å². The summed E-state index contributed by atoms with van der Waals surface area (Å²) in [7, 11) is 0. The van der Waals surface area contributed by atoms with Gasteiger partial charge >= 0.3 is 0 Å². The van der Waals surface area contributed by atoms with Crippen LogP contribution in [0.2, 0.25) is 5.02 Å². The minimum atomic E-state index is -0.499. The molecule has 2 rings (SSSR count). The van der Waals surface area contributed by atoms with Crippen LogP contribution in [-0.2, 0) is 0 Å². The molecule has 4 heteroatoms. The maximum Gasteiger partial charge on any atom is 0.146 e. The van der Waals surface area contributed by atoms with E-state index in [0.717, 1.165) is 0 Å². The van der Waals surface area contributed by atoms with Gasteiger partial charge < -0.3 is 5.32 Å². The molecule has 0 atom stereocenters. The summed E-state index contributed by atoms with van der Waals surface area (Å²) in [6.45, 7) is 0. The van der Waals surface area contributed by atoms with Gasteiger partial charge in [-0.05, 0) is 30.3 Å². The Labute approximate surface area is 96.7 Å².